The number of allylic oxidation sites excluding steroid dienone is 3. The molecule has 0 unspecified atom stereocenters. The number of aromatic amines is 1. The molecular weight excluding hydrogens is 533 g/mol. The summed E-state index contributed by atoms with van der Waals surface area (Å²) in [6.45, 7) is 5.87. The van der Waals surface area contributed by atoms with Crippen molar-refractivity contribution in [1.82, 2.24) is 24.8 Å². The molecule has 1 fully saturated rings. The predicted molar refractivity (Wildman–Crippen MR) is 156 cm³/mol. The minimum absolute atomic E-state index is 0.116. The lowest BCUT2D eigenvalue weighted by molar-refractivity contribution is 0.0131. The fourth-order valence-electron chi connectivity index (χ4n) is 4.62. The molecule has 1 saturated heterocycles. The van der Waals surface area contributed by atoms with Crippen molar-refractivity contribution in [3.63, 3.8) is 0 Å². The zero-order valence-electron chi connectivity index (χ0n) is 22.0. The van der Waals surface area contributed by atoms with E-state index in [-0.39, 0.29) is 36.3 Å². The van der Waals surface area contributed by atoms with Crippen molar-refractivity contribution in [2.24, 2.45) is 0 Å². The molecule has 10 heteroatoms. The van der Waals surface area contributed by atoms with E-state index in [1.165, 1.54) is 6.20 Å². The Labute approximate surface area is 235 Å². The number of fused-ring (bicyclic) bond motifs is 1. The number of nitrogen functional groups attached to an aromatic ring is 1. The van der Waals surface area contributed by atoms with E-state index in [9.17, 15) is 8.78 Å². The summed E-state index contributed by atoms with van der Waals surface area (Å²) in [6, 6.07) is 5.91. The van der Waals surface area contributed by atoms with Gasteiger partial charge in [0.05, 0.1) is 23.9 Å². The first-order valence-corrected chi connectivity index (χ1v) is 13.4. The quantitative estimate of drug-likeness (QED) is 0.189. The molecule has 0 saturated carbocycles. The van der Waals surface area contributed by atoms with Gasteiger partial charge in [0.1, 0.15) is 11.5 Å². The van der Waals surface area contributed by atoms with Gasteiger partial charge < -0.3 is 10.7 Å². The summed E-state index contributed by atoms with van der Waals surface area (Å²) in [5, 5.41) is 2.00. The Kier molecular flexibility index (Phi) is 8.87. The van der Waals surface area contributed by atoms with Crippen LogP contribution < -0.4 is 5.73 Å². The van der Waals surface area contributed by atoms with Crippen LogP contribution in [0.5, 0.6) is 0 Å². The maximum atomic E-state index is 15.9. The average molecular weight is 563 g/mol. The first-order valence-electron chi connectivity index (χ1n) is 12.5. The maximum Gasteiger partial charge on any atom is 0.261 e. The number of alkyl halides is 2. The van der Waals surface area contributed by atoms with E-state index in [0.717, 1.165) is 16.0 Å². The Morgan fingerprint density at radius 2 is 2.10 bits per heavy atom. The highest BCUT2D eigenvalue weighted by Crippen LogP contribution is 2.32. The first-order chi connectivity index (χ1) is 19.3. The number of anilines is 1. The molecule has 0 amide bonds. The predicted octanol–water partition coefficient (Wildman–Crippen LogP) is 6.50. The summed E-state index contributed by atoms with van der Waals surface area (Å²) in [5.41, 5.74) is 10.2. The molecule has 206 valence electrons. The van der Waals surface area contributed by atoms with Crippen LogP contribution in [0, 0.1) is 18.7 Å². The van der Waals surface area contributed by atoms with E-state index < -0.39 is 11.7 Å². The Morgan fingerprint density at radius 3 is 2.75 bits per heavy atom. The van der Waals surface area contributed by atoms with E-state index >= 15 is 4.39 Å². The lowest BCUT2D eigenvalue weighted by atomic mass is 10.0. The van der Waals surface area contributed by atoms with Crippen LogP contribution >= 0.6 is 11.3 Å². The number of nitrogens with one attached hydrogen (secondary N) is 1. The monoisotopic (exact) mass is 562 g/mol. The number of pyridine rings is 2. The lowest BCUT2D eigenvalue weighted by Crippen LogP contribution is -2.26. The van der Waals surface area contributed by atoms with Gasteiger partial charge in [0.15, 0.2) is 11.5 Å². The number of hydrogen-bond donors (Lipinski definition) is 2. The van der Waals surface area contributed by atoms with Gasteiger partial charge in [-0.25, -0.2) is 23.1 Å². The molecule has 1 aliphatic heterocycles. The SMILES string of the molecule is C#C.C=C/C(=C\C(=C/C)c1ncc(N)c(Cc2nc3nccc(-c4cccs4)c3[nH]2)c1F)CN1CCC(F)(F)C1. The van der Waals surface area contributed by atoms with Crippen LogP contribution in [0.1, 0.15) is 30.4 Å². The van der Waals surface area contributed by atoms with Crippen molar-refractivity contribution in [3.8, 4) is 23.3 Å². The van der Waals surface area contributed by atoms with E-state index in [2.05, 4.69) is 39.4 Å². The van der Waals surface area contributed by atoms with Crippen LogP contribution in [0.25, 0.3) is 27.2 Å². The second-order valence-corrected chi connectivity index (χ2v) is 10.2. The summed E-state index contributed by atoms with van der Waals surface area (Å²) in [4.78, 5) is 19.2. The summed E-state index contributed by atoms with van der Waals surface area (Å²) in [5.74, 6) is -2.72. The van der Waals surface area contributed by atoms with Crippen molar-refractivity contribution in [1.29, 1.82) is 0 Å². The summed E-state index contributed by atoms with van der Waals surface area (Å²) < 4.78 is 43.1. The number of nitrogens with zero attached hydrogens (tertiary/aromatic N) is 4. The van der Waals surface area contributed by atoms with E-state index in [1.807, 2.05) is 23.6 Å². The van der Waals surface area contributed by atoms with Crippen LogP contribution in [0.15, 0.2) is 66.4 Å². The molecule has 40 heavy (non-hydrogen) atoms. The van der Waals surface area contributed by atoms with Gasteiger partial charge in [-0.1, -0.05) is 24.8 Å². The Morgan fingerprint density at radius 1 is 1.30 bits per heavy atom. The summed E-state index contributed by atoms with van der Waals surface area (Å²) >= 11 is 1.61. The molecule has 5 rings (SSSR count). The molecule has 3 N–H and O–H groups in total. The summed E-state index contributed by atoms with van der Waals surface area (Å²) in [6.07, 6.45) is 16.1. The number of likely N-dealkylation sites (tertiary alicyclic amines) is 1. The number of aromatic nitrogens is 4. The number of thiophene rings is 1. The number of rotatable bonds is 8. The molecule has 4 aromatic rings. The molecule has 0 atom stereocenters. The minimum atomic E-state index is -2.69. The molecule has 5 heterocycles. The van der Waals surface area contributed by atoms with E-state index in [4.69, 9.17) is 5.73 Å². The van der Waals surface area contributed by atoms with Crippen LogP contribution in [-0.4, -0.2) is 50.4 Å². The highest BCUT2D eigenvalue weighted by atomic mass is 32.1. The van der Waals surface area contributed by atoms with Gasteiger partial charge >= 0.3 is 0 Å². The average Bonchev–Trinajstić information content (AvgIpc) is 3.70. The molecule has 1 aliphatic rings. The highest BCUT2D eigenvalue weighted by molar-refractivity contribution is 7.13. The third kappa shape index (κ3) is 6.17. The number of nitrogens with two attached hydrogens (primary N) is 1. The fourth-order valence-corrected chi connectivity index (χ4v) is 5.38. The molecule has 0 spiro atoms. The third-order valence-electron chi connectivity index (χ3n) is 6.57. The van der Waals surface area contributed by atoms with Crippen LogP contribution in [0.4, 0.5) is 18.9 Å². The van der Waals surface area contributed by atoms with Crippen LogP contribution in [0.3, 0.4) is 0 Å². The first kappa shape index (κ1) is 28.8. The van der Waals surface area contributed by atoms with Crippen molar-refractivity contribution >= 4 is 33.8 Å². The third-order valence-corrected chi connectivity index (χ3v) is 7.47. The van der Waals surface area contributed by atoms with Crippen molar-refractivity contribution in [2.75, 3.05) is 25.4 Å². The second kappa shape index (κ2) is 12.3. The number of imidazole rings is 1. The highest BCUT2D eigenvalue weighted by Gasteiger charge is 2.38. The van der Waals surface area contributed by atoms with Gasteiger partial charge in [0.2, 0.25) is 0 Å². The number of hydrogen-bond acceptors (Lipinski definition) is 6. The Balaban J connectivity index is 0.00000181. The Hall–Kier alpha value is -4.20. The fraction of sp³-hybridized carbons (Fsp3) is 0.233. The van der Waals surface area contributed by atoms with Gasteiger partial charge in [-0.05, 0) is 41.7 Å². The zero-order valence-corrected chi connectivity index (χ0v) is 22.8. The molecule has 0 radical (unpaired) electrons. The number of H-pyrrole nitrogens is 1. The molecular formula is C30H29F3N6S. The van der Waals surface area contributed by atoms with Gasteiger partial charge in [-0.2, -0.15) is 0 Å². The van der Waals surface area contributed by atoms with E-state index in [0.29, 0.717) is 35.7 Å². The van der Waals surface area contributed by atoms with Crippen LogP contribution in [0.2, 0.25) is 0 Å². The van der Waals surface area contributed by atoms with Crippen LogP contribution in [-0.2, 0) is 6.42 Å². The topological polar surface area (TPSA) is 83.7 Å². The van der Waals surface area contributed by atoms with Crippen molar-refractivity contribution in [2.45, 2.75) is 25.7 Å². The van der Waals surface area contributed by atoms with Gasteiger partial charge in [0.25, 0.3) is 5.92 Å². The normalized spacial score (nSPS) is 15.7. The number of halogens is 3. The molecule has 6 nitrogen and oxygen atoms in total. The van der Waals surface area contributed by atoms with Gasteiger partial charge in [-0.3, -0.25) is 9.88 Å². The zero-order chi connectivity index (χ0) is 28.9. The van der Waals surface area contributed by atoms with Gasteiger partial charge in [0, 0.05) is 48.1 Å². The summed E-state index contributed by atoms with van der Waals surface area (Å²) in [7, 11) is 0. The molecule has 0 aliphatic carbocycles. The molecule has 4 aromatic heterocycles. The molecule has 0 bridgehead atoms. The maximum absolute atomic E-state index is 15.9. The second-order valence-electron chi connectivity index (χ2n) is 9.23. The molecule has 0 aromatic carbocycles. The Bertz CT molecular complexity index is 1580. The van der Waals surface area contributed by atoms with Gasteiger partial charge in [-0.15, -0.1) is 24.2 Å². The van der Waals surface area contributed by atoms with E-state index in [1.54, 1.807) is 47.6 Å². The minimum Gasteiger partial charge on any atom is -0.397 e. The smallest absolute Gasteiger partial charge is 0.261 e. The largest absolute Gasteiger partial charge is 0.397 e. The number of terminal acetylenes is 1. The standard InChI is InChI=1S/C28H27F3N6S.C2H2/c1-3-17(15-37-10-8-28(30,31)16-37)12-18(4-2)25-24(29)20(21(32)14-34-25)13-23-35-26-19(22-6-5-11-38-22)7-9-33-27(26)36-23;1-2/h3-7,9,11-12,14H,1,8,10,13,15-16,32H2,2H3,(H,33,35,36);1-2H/b17-12+,18-4+;. The van der Waals surface area contributed by atoms with Crippen molar-refractivity contribution in [3.05, 3.63) is 89.3 Å². The van der Waals surface area contributed by atoms with Crippen molar-refractivity contribution < 1.29 is 13.2 Å². The lowest BCUT2D eigenvalue weighted by Gasteiger charge is -2.17.